The van der Waals surface area contributed by atoms with Crippen molar-refractivity contribution in [1.82, 2.24) is 9.62 Å². The van der Waals surface area contributed by atoms with Crippen molar-refractivity contribution >= 4 is 15.9 Å². The van der Waals surface area contributed by atoms with Gasteiger partial charge in [0.15, 0.2) is 0 Å². The van der Waals surface area contributed by atoms with Crippen molar-refractivity contribution in [2.24, 2.45) is 5.92 Å². The van der Waals surface area contributed by atoms with Gasteiger partial charge in [-0.3, -0.25) is 4.79 Å². The molecule has 8 heteroatoms. The Kier molecular flexibility index (Phi) is 5.63. The Labute approximate surface area is 175 Å². The minimum Gasteiger partial charge on any atom is -0.338 e. The SMILES string of the molecule is CS(=O)(=O)NC[C@H]1CCCN1C(=O)[C@@H]1C[C@H]1c1ccccc1-c1c(F)cccc1F. The summed E-state index contributed by atoms with van der Waals surface area (Å²) in [6.07, 6.45) is 3.30. The predicted molar refractivity (Wildman–Crippen MR) is 110 cm³/mol. The highest BCUT2D eigenvalue weighted by molar-refractivity contribution is 7.88. The number of halogens is 2. The van der Waals surface area contributed by atoms with Gasteiger partial charge in [-0.1, -0.05) is 30.3 Å². The number of hydrogen-bond acceptors (Lipinski definition) is 3. The summed E-state index contributed by atoms with van der Waals surface area (Å²) >= 11 is 0. The lowest BCUT2D eigenvalue weighted by Crippen LogP contribution is -2.43. The third kappa shape index (κ3) is 4.25. The van der Waals surface area contributed by atoms with Crippen LogP contribution in [-0.2, 0) is 14.8 Å². The van der Waals surface area contributed by atoms with Gasteiger partial charge in [0.25, 0.3) is 0 Å². The molecule has 0 spiro atoms. The summed E-state index contributed by atoms with van der Waals surface area (Å²) < 4.78 is 54.0. The molecule has 5 nitrogen and oxygen atoms in total. The molecule has 1 aliphatic carbocycles. The first-order valence-corrected chi connectivity index (χ1v) is 11.9. The first-order chi connectivity index (χ1) is 14.3. The fourth-order valence-corrected chi connectivity index (χ4v) is 4.91. The van der Waals surface area contributed by atoms with Crippen molar-refractivity contribution in [3.05, 3.63) is 59.7 Å². The Balaban J connectivity index is 1.53. The Bertz CT molecular complexity index is 1050. The molecule has 2 aliphatic rings. The van der Waals surface area contributed by atoms with Crippen molar-refractivity contribution in [1.29, 1.82) is 0 Å². The van der Waals surface area contributed by atoms with E-state index in [-0.39, 0.29) is 35.9 Å². The fraction of sp³-hybridized carbons (Fsp3) is 0.409. The second kappa shape index (κ2) is 8.07. The largest absolute Gasteiger partial charge is 0.338 e. The van der Waals surface area contributed by atoms with Gasteiger partial charge < -0.3 is 4.90 Å². The molecule has 1 N–H and O–H groups in total. The molecule has 0 aromatic heterocycles. The molecule has 0 radical (unpaired) electrons. The third-order valence-electron chi connectivity index (χ3n) is 5.94. The predicted octanol–water partition coefficient (Wildman–Crippen LogP) is 3.28. The topological polar surface area (TPSA) is 66.5 Å². The van der Waals surface area contributed by atoms with Gasteiger partial charge in [0.05, 0.1) is 11.8 Å². The van der Waals surface area contributed by atoms with Crippen molar-refractivity contribution in [2.75, 3.05) is 19.3 Å². The number of hydrogen-bond donors (Lipinski definition) is 1. The van der Waals surface area contributed by atoms with Gasteiger partial charge in [-0.25, -0.2) is 21.9 Å². The highest BCUT2D eigenvalue weighted by atomic mass is 32.2. The highest BCUT2D eigenvalue weighted by Gasteiger charge is 2.48. The van der Waals surface area contributed by atoms with Gasteiger partial charge >= 0.3 is 0 Å². The summed E-state index contributed by atoms with van der Waals surface area (Å²) in [6.45, 7) is 0.806. The van der Waals surface area contributed by atoms with Crippen molar-refractivity contribution in [2.45, 2.75) is 31.2 Å². The van der Waals surface area contributed by atoms with E-state index < -0.39 is 21.7 Å². The van der Waals surface area contributed by atoms with Crippen LogP contribution in [0.3, 0.4) is 0 Å². The van der Waals surface area contributed by atoms with Crippen LogP contribution >= 0.6 is 0 Å². The molecule has 1 aliphatic heterocycles. The van der Waals surface area contributed by atoms with E-state index in [4.69, 9.17) is 0 Å². The van der Waals surface area contributed by atoms with Gasteiger partial charge in [0.1, 0.15) is 11.6 Å². The summed E-state index contributed by atoms with van der Waals surface area (Å²) in [6, 6.07) is 10.7. The Morgan fingerprint density at radius 3 is 2.53 bits per heavy atom. The van der Waals surface area contributed by atoms with Gasteiger partial charge in [-0.05, 0) is 48.4 Å². The molecule has 1 saturated carbocycles. The molecule has 160 valence electrons. The lowest BCUT2D eigenvalue weighted by Gasteiger charge is -2.25. The van der Waals surface area contributed by atoms with Crippen LogP contribution in [0.1, 0.15) is 30.7 Å². The van der Waals surface area contributed by atoms with E-state index in [0.717, 1.165) is 24.7 Å². The Hall–Kier alpha value is -2.32. The molecule has 0 unspecified atom stereocenters. The summed E-state index contributed by atoms with van der Waals surface area (Å²) in [5, 5.41) is 0. The second-order valence-electron chi connectivity index (χ2n) is 8.08. The van der Waals surface area contributed by atoms with Crippen LogP contribution in [0.2, 0.25) is 0 Å². The number of benzene rings is 2. The average molecular weight is 435 g/mol. The van der Waals surface area contributed by atoms with Gasteiger partial charge in [-0.15, -0.1) is 0 Å². The quantitative estimate of drug-likeness (QED) is 0.759. The van der Waals surface area contributed by atoms with E-state index in [1.165, 1.54) is 18.2 Å². The van der Waals surface area contributed by atoms with E-state index >= 15 is 0 Å². The number of amides is 1. The monoisotopic (exact) mass is 434 g/mol. The maximum atomic E-state index is 14.4. The Morgan fingerprint density at radius 2 is 1.83 bits per heavy atom. The zero-order chi connectivity index (χ0) is 21.5. The second-order valence-corrected chi connectivity index (χ2v) is 9.91. The number of sulfonamides is 1. The number of likely N-dealkylation sites (tertiary alicyclic amines) is 1. The molecule has 4 rings (SSSR count). The van der Waals surface area contributed by atoms with E-state index in [0.29, 0.717) is 18.5 Å². The number of nitrogens with one attached hydrogen (secondary N) is 1. The maximum absolute atomic E-state index is 14.4. The Morgan fingerprint density at radius 1 is 1.13 bits per heavy atom. The van der Waals surface area contributed by atoms with Crippen LogP contribution in [0, 0.1) is 17.6 Å². The van der Waals surface area contributed by atoms with Crippen molar-refractivity contribution < 1.29 is 22.0 Å². The van der Waals surface area contributed by atoms with E-state index in [9.17, 15) is 22.0 Å². The maximum Gasteiger partial charge on any atom is 0.226 e. The van der Waals surface area contributed by atoms with Gasteiger partial charge in [-0.2, -0.15) is 0 Å². The van der Waals surface area contributed by atoms with Gasteiger partial charge in [0.2, 0.25) is 15.9 Å². The van der Waals surface area contributed by atoms with Crippen LogP contribution in [0.15, 0.2) is 42.5 Å². The van der Waals surface area contributed by atoms with Gasteiger partial charge in [0, 0.05) is 25.0 Å². The minimum atomic E-state index is -3.32. The molecule has 0 bridgehead atoms. The molecular formula is C22H24F2N2O3S. The molecule has 2 aromatic carbocycles. The standard InChI is InChI=1S/C22H24F2N2O3S/c1-30(28,29)25-13-14-6-5-11-26(14)22(27)18-12-17(18)15-7-2-3-8-16(15)21-19(23)9-4-10-20(21)24/h2-4,7-10,14,17-18,25H,5-6,11-13H2,1H3/t14-,17+,18-/m1/s1. The van der Waals surface area contributed by atoms with E-state index in [1.54, 1.807) is 17.0 Å². The van der Waals surface area contributed by atoms with Crippen LogP contribution < -0.4 is 4.72 Å². The molecule has 1 saturated heterocycles. The molecule has 1 amide bonds. The lowest BCUT2D eigenvalue weighted by molar-refractivity contribution is -0.133. The number of carbonyl (C=O) groups excluding carboxylic acids is 1. The molecular weight excluding hydrogens is 410 g/mol. The third-order valence-corrected chi connectivity index (χ3v) is 6.63. The lowest BCUT2D eigenvalue weighted by atomic mass is 9.95. The van der Waals surface area contributed by atoms with Crippen LogP contribution in [-0.4, -0.2) is 44.6 Å². The number of rotatable bonds is 6. The number of nitrogens with zero attached hydrogens (tertiary/aromatic N) is 1. The zero-order valence-electron chi connectivity index (χ0n) is 16.6. The fourth-order valence-electron chi connectivity index (χ4n) is 4.41. The van der Waals surface area contributed by atoms with Crippen LogP contribution in [0.4, 0.5) is 8.78 Å². The molecule has 30 heavy (non-hydrogen) atoms. The van der Waals surface area contributed by atoms with Crippen LogP contribution in [0.25, 0.3) is 11.1 Å². The highest BCUT2D eigenvalue weighted by Crippen LogP contribution is 2.52. The normalized spacial score (nSPS) is 23.6. The van der Waals surface area contributed by atoms with E-state index in [2.05, 4.69) is 4.72 Å². The number of carbonyl (C=O) groups is 1. The summed E-state index contributed by atoms with van der Waals surface area (Å²) in [4.78, 5) is 14.9. The molecule has 2 fully saturated rings. The zero-order valence-corrected chi connectivity index (χ0v) is 17.5. The first kappa shape index (κ1) is 20.9. The average Bonchev–Trinajstić information content (AvgIpc) is 3.34. The smallest absolute Gasteiger partial charge is 0.226 e. The molecule has 2 aromatic rings. The van der Waals surface area contributed by atoms with Crippen molar-refractivity contribution in [3.63, 3.8) is 0 Å². The van der Waals surface area contributed by atoms with Crippen LogP contribution in [0.5, 0.6) is 0 Å². The molecule has 3 atom stereocenters. The summed E-state index contributed by atoms with van der Waals surface area (Å²) in [7, 11) is -3.32. The minimum absolute atomic E-state index is 0.0124. The first-order valence-electron chi connectivity index (χ1n) is 10.0. The van der Waals surface area contributed by atoms with Crippen molar-refractivity contribution in [3.8, 4) is 11.1 Å². The van der Waals surface area contributed by atoms with E-state index in [1.807, 2.05) is 12.1 Å². The molecule has 1 heterocycles. The summed E-state index contributed by atoms with van der Waals surface area (Å²) in [5.74, 6) is -1.62. The summed E-state index contributed by atoms with van der Waals surface area (Å²) in [5.41, 5.74) is 1.18.